The van der Waals surface area contributed by atoms with Crippen LogP contribution in [0.15, 0.2) is 0 Å². The molecule has 0 aromatic heterocycles. The highest BCUT2D eigenvalue weighted by atomic mass is 31.0. The normalized spacial score (nSPS) is 50.2. The molecule has 0 spiro atoms. The number of hydrogen-bond acceptors (Lipinski definition) is 4. The summed E-state index contributed by atoms with van der Waals surface area (Å²) in [5, 5.41) is 21.5. The van der Waals surface area contributed by atoms with Crippen molar-refractivity contribution in [3.05, 3.63) is 0 Å². The van der Waals surface area contributed by atoms with Crippen molar-refractivity contribution in [2.75, 3.05) is 0 Å². The summed E-state index contributed by atoms with van der Waals surface area (Å²) in [5.41, 5.74) is 0.570. The number of rotatable bonds is 4. The predicted octanol–water partition coefficient (Wildman–Crippen LogP) is 4.73. The van der Waals surface area contributed by atoms with Gasteiger partial charge in [0.2, 0.25) is 0 Å². The fraction of sp³-hybridized carbons (Fsp3) is 0.958. The molecule has 0 heterocycles. The first-order valence-corrected chi connectivity index (χ1v) is 12.4. The Kier molecular flexibility index (Phi) is 6.12. The number of hydrogen-bond donors (Lipinski definition) is 2. The Morgan fingerprint density at radius 3 is 2.48 bits per heavy atom. The third-order valence-corrected chi connectivity index (χ3v) is 10.6. The van der Waals surface area contributed by atoms with E-state index in [0.29, 0.717) is 41.9 Å². The van der Waals surface area contributed by atoms with Crippen LogP contribution in [-0.2, 0) is 9.32 Å². The van der Waals surface area contributed by atoms with Crippen molar-refractivity contribution in [1.82, 2.24) is 0 Å². The van der Waals surface area contributed by atoms with Gasteiger partial charge < -0.3 is 14.7 Å². The molecule has 0 bridgehead atoms. The SMILES string of the molecule is C[C@H](CCC(=O)OP)[C@H]1CCC2C3C(CC[C@@]21C)[C@@]1(C)CC[C@@H](O)C[C@H]1C[C@@H]3O. The minimum atomic E-state index is -0.214. The van der Waals surface area contributed by atoms with Crippen LogP contribution in [0, 0.1) is 46.3 Å². The van der Waals surface area contributed by atoms with Gasteiger partial charge in [0, 0.05) is 6.42 Å². The van der Waals surface area contributed by atoms with Crippen molar-refractivity contribution in [1.29, 1.82) is 0 Å². The lowest BCUT2D eigenvalue weighted by Crippen LogP contribution is -2.58. The third-order valence-electron chi connectivity index (χ3n) is 10.4. The van der Waals surface area contributed by atoms with E-state index in [-0.39, 0.29) is 29.0 Å². The largest absolute Gasteiger partial charge is 0.452 e. The van der Waals surface area contributed by atoms with E-state index in [0.717, 1.165) is 32.1 Å². The molecule has 166 valence electrons. The molecule has 4 aliphatic carbocycles. The molecular weight excluding hydrogens is 383 g/mol. The fourth-order valence-corrected chi connectivity index (χ4v) is 8.90. The summed E-state index contributed by atoms with van der Waals surface area (Å²) in [6.07, 6.45) is 9.73. The first-order chi connectivity index (χ1) is 13.7. The molecule has 11 atom stereocenters. The monoisotopic (exact) mass is 424 g/mol. The predicted molar refractivity (Wildman–Crippen MR) is 117 cm³/mol. The van der Waals surface area contributed by atoms with Crippen LogP contribution in [0.3, 0.4) is 0 Å². The van der Waals surface area contributed by atoms with Crippen molar-refractivity contribution in [2.45, 2.75) is 97.2 Å². The van der Waals surface area contributed by atoms with Gasteiger partial charge in [0.15, 0.2) is 0 Å². The van der Waals surface area contributed by atoms with Gasteiger partial charge >= 0.3 is 5.97 Å². The summed E-state index contributed by atoms with van der Waals surface area (Å²) in [6, 6.07) is 0. The maximum atomic E-state index is 11.6. The van der Waals surface area contributed by atoms with Crippen LogP contribution in [-0.4, -0.2) is 28.4 Å². The van der Waals surface area contributed by atoms with Gasteiger partial charge in [-0.25, -0.2) is 0 Å². The van der Waals surface area contributed by atoms with E-state index in [1.807, 2.05) is 0 Å². The number of aliphatic hydroxyl groups is 2. The van der Waals surface area contributed by atoms with E-state index in [2.05, 4.69) is 30.2 Å². The van der Waals surface area contributed by atoms with E-state index in [1.54, 1.807) is 0 Å². The topological polar surface area (TPSA) is 66.8 Å². The molecule has 2 N–H and O–H groups in total. The van der Waals surface area contributed by atoms with E-state index in [1.165, 1.54) is 25.7 Å². The van der Waals surface area contributed by atoms with Crippen molar-refractivity contribution >= 4 is 15.4 Å². The van der Waals surface area contributed by atoms with Gasteiger partial charge in [-0.05, 0) is 104 Å². The maximum absolute atomic E-state index is 11.6. The Morgan fingerprint density at radius 2 is 1.76 bits per heavy atom. The zero-order valence-corrected chi connectivity index (χ0v) is 19.6. The molecule has 0 radical (unpaired) electrons. The number of fused-ring (bicyclic) bond motifs is 5. The Labute approximate surface area is 178 Å². The molecule has 29 heavy (non-hydrogen) atoms. The van der Waals surface area contributed by atoms with Crippen LogP contribution >= 0.6 is 9.47 Å². The molecule has 4 saturated carbocycles. The third kappa shape index (κ3) is 3.60. The van der Waals surface area contributed by atoms with Crippen molar-refractivity contribution in [3.8, 4) is 0 Å². The summed E-state index contributed by atoms with van der Waals surface area (Å²) in [4.78, 5) is 11.6. The van der Waals surface area contributed by atoms with Gasteiger partial charge in [0.05, 0.1) is 21.7 Å². The van der Waals surface area contributed by atoms with Gasteiger partial charge in [-0.3, -0.25) is 4.79 Å². The average molecular weight is 425 g/mol. The summed E-state index contributed by atoms with van der Waals surface area (Å²) in [7, 11) is 2.07. The molecule has 0 saturated heterocycles. The van der Waals surface area contributed by atoms with Gasteiger partial charge in [-0.2, -0.15) is 0 Å². The molecule has 4 rings (SSSR count). The molecule has 4 aliphatic rings. The molecule has 4 nitrogen and oxygen atoms in total. The van der Waals surface area contributed by atoms with Crippen LogP contribution in [0.25, 0.3) is 0 Å². The lowest BCUT2D eigenvalue weighted by Gasteiger charge is -2.62. The van der Waals surface area contributed by atoms with Crippen molar-refractivity contribution < 1.29 is 19.5 Å². The first-order valence-electron chi connectivity index (χ1n) is 12.0. The van der Waals surface area contributed by atoms with Gasteiger partial charge in [-0.1, -0.05) is 20.8 Å². The second-order valence-electron chi connectivity index (χ2n) is 11.5. The molecule has 0 aromatic rings. The molecule has 0 aliphatic heterocycles. The fourth-order valence-electron chi connectivity index (χ4n) is 8.78. The van der Waals surface area contributed by atoms with Crippen LogP contribution < -0.4 is 0 Å². The quantitative estimate of drug-likeness (QED) is 0.641. The highest BCUT2D eigenvalue weighted by molar-refractivity contribution is 7.10. The summed E-state index contributed by atoms with van der Waals surface area (Å²) >= 11 is 0. The second-order valence-corrected chi connectivity index (χ2v) is 11.7. The maximum Gasteiger partial charge on any atom is 0.307 e. The van der Waals surface area contributed by atoms with E-state index < -0.39 is 0 Å². The highest BCUT2D eigenvalue weighted by Gasteiger charge is 2.62. The number of carbonyl (C=O) groups excluding carboxylic acids is 1. The first kappa shape index (κ1) is 22.0. The molecular formula is C24H41O4P. The molecule has 5 heteroatoms. The van der Waals surface area contributed by atoms with Crippen LogP contribution in [0.2, 0.25) is 0 Å². The van der Waals surface area contributed by atoms with Crippen LogP contribution in [0.1, 0.15) is 85.0 Å². The molecule has 4 fully saturated rings. The Morgan fingerprint density at radius 1 is 1.07 bits per heavy atom. The second kappa shape index (κ2) is 8.06. The Balaban J connectivity index is 1.53. The lowest BCUT2D eigenvalue weighted by atomic mass is 9.43. The standard InChI is InChI=1S/C24H41O4P/c1-14(4-7-21(27)28-29)17-5-6-18-22-19(9-11-24(17,18)3)23(2)10-8-16(25)12-15(23)13-20(22)26/h14-20,22,25-26H,4-13,29H2,1-3H3/t14-,15+,16-,17-,18?,19?,20+,22?,23+,24-/m1/s1. The molecule has 4 unspecified atom stereocenters. The number of aliphatic hydroxyl groups excluding tert-OH is 2. The lowest BCUT2D eigenvalue weighted by molar-refractivity contribution is -0.174. The number of carbonyl (C=O) groups is 1. The van der Waals surface area contributed by atoms with Crippen molar-refractivity contribution in [2.24, 2.45) is 46.3 Å². The zero-order chi connectivity index (χ0) is 21.0. The smallest absolute Gasteiger partial charge is 0.307 e. The van der Waals surface area contributed by atoms with E-state index in [4.69, 9.17) is 4.52 Å². The van der Waals surface area contributed by atoms with Gasteiger partial charge in [0.1, 0.15) is 0 Å². The van der Waals surface area contributed by atoms with Crippen LogP contribution in [0.5, 0.6) is 0 Å². The zero-order valence-electron chi connectivity index (χ0n) is 18.5. The average Bonchev–Trinajstić information content (AvgIpc) is 3.04. The summed E-state index contributed by atoms with van der Waals surface area (Å²) in [6.45, 7) is 7.28. The molecule has 0 amide bonds. The Hall–Kier alpha value is -0.180. The molecule has 0 aromatic carbocycles. The van der Waals surface area contributed by atoms with Gasteiger partial charge in [-0.15, -0.1) is 0 Å². The van der Waals surface area contributed by atoms with Crippen molar-refractivity contribution in [3.63, 3.8) is 0 Å². The summed E-state index contributed by atoms with van der Waals surface area (Å²) in [5.74, 6) is 3.10. The van der Waals surface area contributed by atoms with E-state index >= 15 is 0 Å². The Bertz CT molecular complexity index is 626. The highest BCUT2D eigenvalue weighted by Crippen LogP contribution is 2.68. The minimum Gasteiger partial charge on any atom is -0.452 e. The van der Waals surface area contributed by atoms with Crippen LogP contribution in [0.4, 0.5) is 0 Å². The van der Waals surface area contributed by atoms with Gasteiger partial charge in [0.25, 0.3) is 0 Å². The minimum absolute atomic E-state index is 0.133. The van der Waals surface area contributed by atoms with E-state index in [9.17, 15) is 15.0 Å². The summed E-state index contributed by atoms with van der Waals surface area (Å²) < 4.78 is 4.78.